The zero-order chi connectivity index (χ0) is 23.0. The highest BCUT2D eigenvalue weighted by molar-refractivity contribution is 6.42. The second-order valence-electron chi connectivity index (χ2n) is 9.50. The van der Waals surface area contributed by atoms with Crippen molar-refractivity contribution in [2.24, 2.45) is 0 Å². The van der Waals surface area contributed by atoms with E-state index in [1.807, 2.05) is 42.5 Å². The molecule has 2 unspecified atom stereocenters. The van der Waals surface area contributed by atoms with Gasteiger partial charge in [0.2, 0.25) is 0 Å². The average molecular weight is 429 g/mol. The molecule has 1 aliphatic rings. The first-order valence-electron chi connectivity index (χ1n) is 11.2. The van der Waals surface area contributed by atoms with E-state index < -0.39 is 11.2 Å². The summed E-state index contributed by atoms with van der Waals surface area (Å²) in [7, 11) is 6.63. The summed E-state index contributed by atoms with van der Waals surface area (Å²) in [4.78, 5) is 0. The van der Waals surface area contributed by atoms with Crippen LogP contribution in [-0.4, -0.2) is 33.8 Å². The van der Waals surface area contributed by atoms with Crippen molar-refractivity contribution in [1.29, 1.82) is 0 Å². The number of aliphatic hydroxyl groups is 2. The first-order chi connectivity index (χ1) is 15.8. The number of rotatable bonds is 3. The van der Waals surface area contributed by atoms with Crippen LogP contribution in [0.4, 0.5) is 0 Å². The fraction of sp³-hybridized carbons (Fsp3) is 0.172. The van der Waals surface area contributed by atoms with Crippen molar-refractivity contribution in [2.45, 2.75) is 31.0 Å². The summed E-state index contributed by atoms with van der Waals surface area (Å²) in [5.41, 5.74) is 4.48. The Morgan fingerprint density at radius 3 is 2.00 bits per heavy atom. The van der Waals surface area contributed by atoms with Crippen LogP contribution in [0.3, 0.4) is 0 Å². The monoisotopic (exact) mass is 429 g/mol. The van der Waals surface area contributed by atoms with Crippen molar-refractivity contribution < 1.29 is 10.2 Å². The molecule has 1 saturated carbocycles. The molecule has 3 nitrogen and oxygen atoms in total. The van der Waals surface area contributed by atoms with E-state index in [0.717, 1.165) is 44.2 Å². The molecule has 2 radical (unpaired) electrons. The summed E-state index contributed by atoms with van der Waals surface area (Å²) in [6.45, 7) is 3.36. The summed E-state index contributed by atoms with van der Waals surface area (Å²) in [5.74, 6) is -0.390. The Labute approximate surface area is 194 Å². The van der Waals surface area contributed by atoms with Gasteiger partial charge in [0, 0.05) is 22.4 Å². The molecule has 6 rings (SSSR count). The Balaban J connectivity index is 1.68. The summed E-state index contributed by atoms with van der Waals surface area (Å²) in [5, 5.41) is 23.5. The van der Waals surface area contributed by atoms with Gasteiger partial charge in [0.05, 0.1) is 11.0 Å². The third kappa shape index (κ3) is 2.84. The molecule has 1 aliphatic carbocycles. The molecule has 1 fully saturated rings. The lowest BCUT2D eigenvalue weighted by Gasteiger charge is -2.11. The fourth-order valence-electron chi connectivity index (χ4n) is 5.44. The molecule has 33 heavy (non-hydrogen) atoms. The van der Waals surface area contributed by atoms with Crippen LogP contribution < -0.4 is 5.46 Å². The van der Waals surface area contributed by atoms with Crippen LogP contribution in [0.25, 0.3) is 38.6 Å². The number of aromatic nitrogens is 1. The SMILES string of the molecule is [B]c1cc(C2C(C)(O)C2(C)O)cc2c1c1ccc(-c3ccccc3)cc1n2-c1ccccc1. The van der Waals surface area contributed by atoms with Crippen LogP contribution in [0.5, 0.6) is 0 Å². The molecule has 160 valence electrons. The quantitative estimate of drug-likeness (QED) is 0.403. The maximum Gasteiger partial charge on any atom is 0.114 e. The summed E-state index contributed by atoms with van der Waals surface area (Å²) in [6, 6.07) is 31.0. The van der Waals surface area contributed by atoms with Crippen LogP contribution in [0.15, 0.2) is 91.0 Å². The molecular formula is C29H24BNO2. The normalized spacial score (nSPS) is 24.4. The number of hydrogen-bond donors (Lipinski definition) is 2. The van der Waals surface area contributed by atoms with E-state index in [0.29, 0.717) is 5.46 Å². The minimum Gasteiger partial charge on any atom is -0.386 e. The lowest BCUT2D eigenvalue weighted by atomic mass is 9.87. The molecule has 2 N–H and O–H groups in total. The Bertz CT molecular complexity index is 1500. The van der Waals surface area contributed by atoms with Gasteiger partial charge in [0.15, 0.2) is 0 Å². The lowest BCUT2D eigenvalue weighted by molar-refractivity contribution is 0.0438. The molecule has 4 aromatic carbocycles. The molecule has 0 saturated heterocycles. The van der Waals surface area contributed by atoms with Crippen LogP contribution in [0, 0.1) is 0 Å². The van der Waals surface area contributed by atoms with Gasteiger partial charge in [0.25, 0.3) is 0 Å². The van der Waals surface area contributed by atoms with Gasteiger partial charge in [0.1, 0.15) is 19.0 Å². The van der Waals surface area contributed by atoms with Gasteiger partial charge in [-0.15, -0.1) is 0 Å². The highest BCUT2D eigenvalue weighted by Gasteiger charge is 2.71. The number of benzene rings is 4. The van der Waals surface area contributed by atoms with Crippen molar-refractivity contribution in [3.63, 3.8) is 0 Å². The molecule has 0 amide bonds. The Morgan fingerprint density at radius 2 is 1.36 bits per heavy atom. The first-order valence-corrected chi connectivity index (χ1v) is 11.2. The Morgan fingerprint density at radius 1 is 0.727 bits per heavy atom. The molecule has 0 aliphatic heterocycles. The van der Waals surface area contributed by atoms with Crippen molar-refractivity contribution in [2.75, 3.05) is 0 Å². The van der Waals surface area contributed by atoms with E-state index in [4.69, 9.17) is 7.85 Å². The highest BCUT2D eigenvalue weighted by atomic mass is 16.4. The molecule has 4 heteroatoms. The predicted molar refractivity (Wildman–Crippen MR) is 136 cm³/mol. The first kappa shape index (κ1) is 20.3. The number of fused-ring (bicyclic) bond motifs is 3. The van der Waals surface area contributed by atoms with Gasteiger partial charge >= 0.3 is 0 Å². The fourth-order valence-corrected chi connectivity index (χ4v) is 5.44. The minimum atomic E-state index is -1.18. The number of hydrogen-bond acceptors (Lipinski definition) is 2. The zero-order valence-corrected chi connectivity index (χ0v) is 18.7. The second-order valence-corrected chi connectivity index (χ2v) is 9.50. The smallest absolute Gasteiger partial charge is 0.114 e. The van der Waals surface area contributed by atoms with Gasteiger partial charge in [-0.3, -0.25) is 0 Å². The van der Waals surface area contributed by atoms with E-state index in [2.05, 4.69) is 53.1 Å². The zero-order valence-electron chi connectivity index (χ0n) is 18.7. The van der Waals surface area contributed by atoms with E-state index >= 15 is 0 Å². The molecule has 1 aromatic heterocycles. The lowest BCUT2D eigenvalue weighted by Crippen LogP contribution is -2.17. The van der Waals surface area contributed by atoms with Gasteiger partial charge in [-0.1, -0.05) is 72.2 Å². The molecule has 0 bridgehead atoms. The Hall–Kier alpha value is -3.34. The third-order valence-corrected chi connectivity index (χ3v) is 7.44. The van der Waals surface area contributed by atoms with Crippen molar-refractivity contribution in [1.82, 2.24) is 4.57 Å². The van der Waals surface area contributed by atoms with Gasteiger partial charge < -0.3 is 14.8 Å². The molecule has 1 heterocycles. The van der Waals surface area contributed by atoms with Gasteiger partial charge in [-0.05, 0) is 54.8 Å². The van der Waals surface area contributed by atoms with E-state index in [9.17, 15) is 10.2 Å². The summed E-state index contributed by atoms with van der Waals surface area (Å²) in [6.07, 6.45) is 0. The van der Waals surface area contributed by atoms with Crippen molar-refractivity contribution >= 4 is 35.1 Å². The predicted octanol–water partition coefficient (Wildman–Crippen LogP) is 4.84. The molecule has 5 aromatic rings. The largest absolute Gasteiger partial charge is 0.386 e. The summed E-state index contributed by atoms with van der Waals surface area (Å²) < 4.78 is 2.22. The van der Waals surface area contributed by atoms with E-state index in [1.165, 1.54) is 0 Å². The van der Waals surface area contributed by atoms with Crippen molar-refractivity contribution in [3.8, 4) is 16.8 Å². The minimum absolute atomic E-state index is 0.390. The van der Waals surface area contributed by atoms with Crippen molar-refractivity contribution in [3.05, 3.63) is 96.6 Å². The maximum absolute atomic E-state index is 10.7. The van der Waals surface area contributed by atoms with E-state index in [1.54, 1.807) is 13.8 Å². The second kappa shape index (κ2) is 6.83. The molecule has 2 atom stereocenters. The summed E-state index contributed by atoms with van der Waals surface area (Å²) >= 11 is 0. The molecule has 0 spiro atoms. The van der Waals surface area contributed by atoms with E-state index in [-0.39, 0.29) is 5.92 Å². The average Bonchev–Trinajstić information content (AvgIpc) is 3.06. The number of nitrogens with zero attached hydrogens (tertiary/aromatic N) is 1. The highest BCUT2D eigenvalue weighted by Crippen LogP contribution is 2.60. The number of para-hydroxylation sites is 1. The van der Waals surface area contributed by atoms with Crippen LogP contribution in [-0.2, 0) is 0 Å². The topological polar surface area (TPSA) is 45.4 Å². The third-order valence-electron chi connectivity index (χ3n) is 7.44. The van der Waals surface area contributed by atoms with Crippen LogP contribution in [0.2, 0.25) is 0 Å². The van der Waals surface area contributed by atoms with Crippen LogP contribution >= 0.6 is 0 Å². The maximum atomic E-state index is 10.7. The van der Waals surface area contributed by atoms with Gasteiger partial charge in [-0.25, -0.2) is 0 Å². The molecular weight excluding hydrogens is 405 g/mol. The van der Waals surface area contributed by atoms with Crippen LogP contribution in [0.1, 0.15) is 25.3 Å². The Kier molecular flexibility index (Phi) is 4.20. The standard InChI is InChI=1S/C29H24BNO2/c1-28(32)27(29(28,2)33)20-15-23(30)26-22-14-13-19(18-9-5-3-6-10-18)16-24(22)31(25(26)17-20)21-11-7-4-8-12-21/h3-17,27,32-33H,1-2H3. The van der Waals surface area contributed by atoms with Gasteiger partial charge in [-0.2, -0.15) is 0 Å².